The fourth-order valence-corrected chi connectivity index (χ4v) is 2.52. The maximum atomic E-state index is 12.9. The fourth-order valence-electron chi connectivity index (χ4n) is 2.52. The molecule has 1 aromatic carbocycles. The van der Waals surface area contributed by atoms with Gasteiger partial charge in [0.15, 0.2) is 0 Å². The summed E-state index contributed by atoms with van der Waals surface area (Å²) in [7, 11) is 0. The van der Waals surface area contributed by atoms with Crippen molar-refractivity contribution in [3.63, 3.8) is 0 Å². The molecule has 2 rings (SSSR count). The van der Waals surface area contributed by atoms with Crippen molar-refractivity contribution in [3.8, 4) is 5.75 Å². The predicted octanol–water partition coefficient (Wildman–Crippen LogP) is 3.03. The topological polar surface area (TPSA) is 35.2 Å². The van der Waals surface area contributed by atoms with Gasteiger partial charge in [0.25, 0.3) is 0 Å². The van der Waals surface area contributed by atoms with Gasteiger partial charge in [0.1, 0.15) is 11.6 Å². The number of aryl methyl sites for hydroxylation is 1. The molecule has 2 nitrogen and oxygen atoms in total. The van der Waals surface area contributed by atoms with Crippen molar-refractivity contribution < 1.29 is 9.13 Å². The second-order valence-corrected chi connectivity index (χ2v) is 4.90. The Labute approximate surface area is 102 Å². The minimum atomic E-state index is -0.215. The van der Waals surface area contributed by atoms with Gasteiger partial charge in [-0.2, -0.15) is 0 Å². The third-order valence-corrected chi connectivity index (χ3v) is 3.60. The molecule has 2 unspecified atom stereocenters. The van der Waals surface area contributed by atoms with E-state index in [0.29, 0.717) is 18.6 Å². The largest absolute Gasteiger partial charge is 0.493 e. The van der Waals surface area contributed by atoms with Crippen molar-refractivity contribution in [1.82, 2.24) is 0 Å². The minimum Gasteiger partial charge on any atom is -0.493 e. The quantitative estimate of drug-likeness (QED) is 0.873. The normalized spacial score (nSPS) is 23.9. The number of hydrogen-bond donors (Lipinski definition) is 1. The zero-order valence-corrected chi connectivity index (χ0v) is 10.3. The summed E-state index contributed by atoms with van der Waals surface area (Å²) >= 11 is 0. The molecule has 2 atom stereocenters. The van der Waals surface area contributed by atoms with Crippen LogP contribution >= 0.6 is 0 Å². The number of benzene rings is 1. The number of nitrogens with two attached hydrogens (primary N) is 1. The third kappa shape index (κ3) is 3.19. The van der Waals surface area contributed by atoms with Crippen molar-refractivity contribution in [2.45, 2.75) is 38.6 Å². The molecule has 1 aliphatic rings. The van der Waals surface area contributed by atoms with Gasteiger partial charge in [0, 0.05) is 6.04 Å². The zero-order valence-electron chi connectivity index (χ0n) is 10.3. The first-order chi connectivity index (χ1) is 8.16. The maximum Gasteiger partial charge on any atom is 0.123 e. The van der Waals surface area contributed by atoms with Crippen LogP contribution in [0.4, 0.5) is 4.39 Å². The van der Waals surface area contributed by atoms with E-state index < -0.39 is 0 Å². The molecule has 0 radical (unpaired) electrons. The van der Waals surface area contributed by atoms with E-state index in [1.54, 1.807) is 6.07 Å². The van der Waals surface area contributed by atoms with Crippen LogP contribution in [0.25, 0.3) is 0 Å². The van der Waals surface area contributed by atoms with Crippen LogP contribution in [0.3, 0.4) is 0 Å². The van der Waals surface area contributed by atoms with Crippen LogP contribution in [0.5, 0.6) is 5.75 Å². The van der Waals surface area contributed by atoms with Gasteiger partial charge in [-0.15, -0.1) is 0 Å². The molecule has 2 N–H and O–H groups in total. The summed E-state index contributed by atoms with van der Waals surface area (Å²) in [6.45, 7) is 2.53. The molecule has 1 aliphatic carbocycles. The summed E-state index contributed by atoms with van der Waals surface area (Å²) in [5, 5.41) is 0. The summed E-state index contributed by atoms with van der Waals surface area (Å²) in [6, 6.07) is 4.97. The standard InChI is InChI=1S/C14H20FNO/c1-10-9-12(15)5-6-14(10)17-8-7-11-3-2-4-13(11)16/h5-6,9,11,13H,2-4,7-8,16H2,1H3. The van der Waals surface area contributed by atoms with Gasteiger partial charge in [-0.1, -0.05) is 6.42 Å². The molecule has 0 bridgehead atoms. The van der Waals surface area contributed by atoms with E-state index in [9.17, 15) is 4.39 Å². The maximum absolute atomic E-state index is 12.9. The Morgan fingerprint density at radius 3 is 2.88 bits per heavy atom. The fraction of sp³-hybridized carbons (Fsp3) is 0.571. The number of rotatable bonds is 4. The Bertz CT molecular complexity index is 380. The van der Waals surface area contributed by atoms with E-state index in [-0.39, 0.29) is 5.82 Å². The van der Waals surface area contributed by atoms with Gasteiger partial charge in [-0.25, -0.2) is 4.39 Å². The lowest BCUT2D eigenvalue weighted by molar-refractivity contribution is 0.269. The Balaban J connectivity index is 1.81. The van der Waals surface area contributed by atoms with E-state index in [0.717, 1.165) is 24.2 Å². The molecular formula is C14H20FNO. The van der Waals surface area contributed by atoms with E-state index in [1.807, 2.05) is 6.92 Å². The molecule has 0 spiro atoms. The molecule has 1 aromatic rings. The lowest BCUT2D eigenvalue weighted by Gasteiger charge is -2.16. The molecule has 0 heterocycles. The average molecular weight is 237 g/mol. The molecule has 0 amide bonds. The molecule has 0 saturated heterocycles. The number of ether oxygens (including phenoxy) is 1. The molecule has 0 aromatic heterocycles. The molecule has 94 valence electrons. The lowest BCUT2D eigenvalue weighted by Crippen LogP contribution is -2.25. The van der Waals surface area contributed by atoms with Gasteiger partial charge >= 0.3 is 0 Å². The third-order valence-electron chi connectivity index (χ3n) is 3.60. The summed E-state index contributed by atoms with van der Waals surface area (Å²) in [4.78, 5) is 0. The summed E-state index contributed by atoms with van der Waals surface area (Å²) in [5.41, 5.74) is 6.85. The smallest absolute Gasteiger partial charge is 0.123 e. The number of halogens is 1. The molecule has 0 aliphatic heterocycles. The van der Waals surface area contributed by atoms with Gasteiger partial charge in [-0.05, 0) is 55.9 Å². The van der Waals surface area contributed by atoms with Crippen molar-refractivity contribution in [1.29, 1.82) is 0 Å². The monoisotopic (exact) mass is 237 g/mol. The van der Waals surface area contributed by atoms with Crippen molar-refractivity contribution in [3.05, 3.63) is 29.6 Å². The summed E-state index contributed by atoms with van der Waals surface area (Å²) in [5.74, 6) is 1.15. The highest BCUT2D eigenvalue weighted by atomic mass is 19.1. The van der Waals surface area contributed by atoms with Crippen molar-refractivity contribution in [2.75, 3.05) is 6.61 Å². The second-order valence-electron chi connectivity index (χ2n) is 4.90. The predicted molar refractivity (Wildman–Crippen MR) is 66.6 cm³/mol. The second kappa shape index (κ2) is 5.50. The lowest BCUT2D eigenvalue weighted by atomic mass is 10.0. The Morgan fingerprint density at radius 1 is 1.41 bits per heavy atom. The van der Waals surface area contributed by atoms with E-state index in [1.165, 1.54) is 25.0 Å². The average Bonchev–Trinajstić information content (AvgIpc) is 2.68. The van der Waals surface area contributed by atoms with Crippen LogP contribution in [0.2, 0.25) is 0 Å². The minimum absolute atomic E-state index is 0.215. The van der Waals surface area contributed by atoms with Crippen molar-refractivity contribution in [2.24, 2.45) is 11.7 Å². The zero-order chi connectivity index (χ0) is 12.3. The first kappa shape index (κ1) is 12.4. The van der Waals surface area contributed by atoms with Gasteiger partial charge in [0.05, 0.1) is 6.61 Å². The molecular weight excluding hydrogens is 217 g/mol. The SMILES string of the molecule is Cc1cc(F)ccc1OCCC1CCCC1N. The van der Waals surface area contributed by atoms with Crippen LogP contribution < -0.4 is 10.5 Å². The Morgan fingerprint density at radius 2 is 2.24 bits per heavy atom. The molecule has 1 saturated carbocycles. The van der Waals surface area contributed by atoms with Crippen LogP contribution in [-0.2, 0) is 0 Å². The first-order valence-electron chi connectivity index (χ1n) is 6.31. The van der Waals surface area contributed by atoms with E-state index >= 15 is 0 Å². The van der Waals surface area contributed by atoms with E-state index in [2.05, 4.69) is 0 Å². The molecule has 17 heavy (non-hydrogen) atoms. The van der Waals surface area contributed by atoms with Crippen LogP contribution in [-0.4, -0.2) is 12.6 Å². The number of hydrogen-bond acceptors (Lipinski definition) is 2. The van der Waals surface area contributed by atoms with Gasteiger partial charge in [0.2, 0.25) is 0 Å². The Hall–Kier alpha value is -1.09. The summed E-state index contributed by atoms with van der Waals surface area (Å²) in [6.07, 6.45) is 4.59. The van der Waals surface area contributed by atoms with Crippen LogP contribution in [0.1, 0.15) is 31.2 Å². The van der Waals surface area contributed by atoms with Crippen molar-refractivity contribution >= 4 is 0 Å². The highest BCUT2D eigenvalue weighted by Crippen LogP contribution is 2.27. The van der Waals surface area contributed by atoms with E-state index in [4.69, 9.17) is 10.5 Å². The van der Waals surface area contributed by atoms with Gasteiger partial charge in [-0.3, -0.25) is 0 Å². The Kier molecular flexibility index (Phi) is 4.00. The highest BCUT2D eigenvalue weighted by molar-refractivity contribution is 5.32. The van der Waals surface area contributed by atoms with Crippen LogP contribution in [0.15, 0.2) is 18.2 Å². The first-order valence-corrected chi connectivity index (χ1v) is 6.31. The molecule has 1 fully saturated rings. The highest BCUT2D eigenvalue weighted by Gasteiger charge is 2.23. The molecule has 3 heteroatoms. The summed E-state index contributed by atoms with van der Waals surface area (Å²) < 4.78 is 18.6. The van der Waals surface area contributed by atoms with Gasteiger partial charge < -0.3 is 10.5 Å². The van der Waals surface area contributed by atoms with Crippen LogP contribution in [0, 0.1) is 18.7 Å².